The first-order valence-corrected chi connectivity index (χ1v) is 8.05. The Morgan fingerprint density at radius 3 is 2.47 bits per heavy atom. The lowest BCUT2D eigenvalue weighted by molar-refractivity contribution is 0.189. The second-order valence-electron chi connectivity index (χ2n) is 4.78. The van der Waals surface area contributed by atoms with Crippen LogP contribution in [0.25, 0.3) is 0 Å². The van der Waals surface area contributed by atoms with Gasteiger partial charge in [-0.1, -0.05) is 26.2 Å². The zero-order chi connectivity index (χ0) is 11.3. The Hall–Kier alpha value is 0.150. The van der Waals surface area contributed by atoms with Crippen LogP contribution in [0.2, 0.25) is 0 Å². The summed E-state index contributed by atoms with van der Waals surface area (Å²) in [5.41, 5.74) is 0. The molecule has 0 aromatic rings. The largest absolute Gasteiger partial charge is 0.393 e. The molecule has 1 aliphatic rings. The maximum absolute atomic E-state index is 11.8. The highest BCUT2D eigenvalue weighted by Crippen LogP contribution is 2.46. The SMILES string of the molecule is CC[C@H](O)CP(=O)(O)CC1CCCCC1. The van der Waals surface area contributed by atoms with Crippen molar-refractivity contribution >= 4 is 7.37 Å². The number of hydrogen-bond donors (Lipinski definition) is 2. The molecule has 0 radical (unpaired) electrons. The molecule has 0 spiro atoms. The van der Waals surface area contributed by atoms with Crippen LogP contribution in [0.1, 0.15) is 45.4 Å². The minimum atomic E-state index is -3.08. The van der Waals surface area contributed by atoms with Gasteiger partial charge in [-0.15, -0.1) is 0 Å². The normalized spacial score (nSPS) is 24.7. The molecule has 0 amide bonds. The van der Waals surface area contributed by atoms with Crippen LogP contribution in [-0.2, 0) is 4.57 Å². The fourth-order valence-electron chi connectivity index (χ4n) is 2.31. The van der Waals surface area contributed by atoms with Gasteiger partial charge in [0.05, 0.1) is 12.3 Å². The van der Waals surface area contributed by atoms with Crippen LogP contribution in [0.5, 0.6) is 0 Å². The summed E-state index contributed by atoms with van der Waals surface area (Å²) in [6.07, 6.45) is 6.30. The lowest BCUT2D eigenvalue weighted by atomic mass is 9.91. The second-order valence-corrected chi connectivity index (χ2v) is 7.20. The third-order valence-electron chi connectivity index (χ3n) is 3.24. The van der Waals surface area contributed by atoms with Crippen molar-refractivity contribution in [2.45, 2.75) is 51.6 Å². The van der Waals surface area contributed by atoms with Gasteiger partial charge in [-0.3, -0.25) is 4.57 Å². The molecule has 90 valence electrons. The molecule has 1 saturated carbocycles. The van der Waals surface area contributed by atoms with E-state index in [1.165, 1.54) is 19.3 Å². The van der Waals surface area contributed by atoms with Crippen LogP contribution in [0.15, 0.2) is 0 Å². The summed E-state index contributed by atoms with van der Waals surface area (Å²) in [4.78, 5) is 9.76. The topological polar surface area (TPSA) is 57.5 Å². The van der Waals surface area contributed by atoms with Gasteiger partial charge in [0.2, 0.25) is 7.37 Å². The van der Waals surface area contributed by atoms with Crippen molar-refractivity contribution in [2.75, 3.05) is 12.3 Å². The van der Waals surface area contributed by atoms with Gasteiger partial charge in [0.15, 0.2) is 0 Å². The smallest absolute Gasteiger partial charge is 0.203 e. The van der Waals surface area contributed by atoms with E-state index in [1.807, 2.05) is 6.92 Å². The van der Waals surface area contributed by atoms with E-state index in [0.29, 0.717) is 18.5 Å². The summed E-state index contributed by atoms with van der Waals surface area (Å²) in [5.74, 6) is 0.415. The molecule has 0 bridgehead atoms. The van der Waals surface area contributed by atoms with Gasteiger partial charge in [0.1, 0.15) is 0 Å². The van der Waals surface area contributed by atoms with E-state index >= 15 is 0 Å². The monoisotopic (exact) mass is 234 g/mol. The standard InChI is InChI=1S/C11H23O3P/c1-2-11(12)9-15(13,14)8-10-6-4-3-5-7-10/h10-12H,2-9H2,1H3,(H,13,14)/t11-/m0/s1. The quantitative estimate of drug-likeness (QED) is 0.719. The van der Waals surface area contributed by atoms with Gasteiger partial charge >= 0.3 is 0 Å². The molecular formula is C11H23O3P. The van der Waals surface area contributed by atoms with Crippen molar-refractivity contribution in [2.24, 2.45) is 5.92 Å². The molecule has 1 rings (SSSR count). The van der Waals surface area contributed by atoms with Crippen LogP contribution in [0.3, 0.4) is 0 Å². The van der Waals surface area contributed by atoms with Gasteiger partial charge in [-0.05, 0) is 25.2 Å². The van der Waals surface area contributed by atoms with E-state index in [1.54, 1.807) is 0 Å². The summed E-state index contributed by atoms with van der Waals surface area (Å²) in [7, 11) is -3.08. The summed E-state index contributed by atoms with van der Waals surface area (Å²) >= 11 is 0. The molecule has 4 heteroatoms. The molecule has 0 aromatic heterocycles. The molecule has 0 aromatic carbocycles. The molecule has 15 heavy (non-hydrogen) atoms. The molecule has 2 atom stereocenters. The maximum atomic E-state index is 11.8. The highest BCUT2D eigenvalue weighted by atomic mass is 31.2. The third-order valence-corrected chi connectivity index (χ3v) is 5.31. The Bertz CT molecular complexity index is 224. The van der Waals surface area contributed by atoms with E-state index < -0.39 is 13.5 Å². The van der Waals surface area contributed by atoms with E-state index in [4.69, 9.17) is 0 Å². The van der Waals surface area contributed by atoms with E-state index in [-0.39, 0.29) is 6.16 Å². The molecule has 2 N–H and O–H groups in total. The fraction of sp³-hybridized carbons (Fsp3) is 1.00. The molecule has 0 heterocycles. The number of aliphatic hydroxyl groups excluding tert-OH is 1. The maximum Gasteiger partial charge on any atom is 0.203 e. The van der Waals surface area contributed by atoms with Gasteiger partial charge in [0, 0.05) is 6.16 Å². The van der Waals surface area contributed by atoms with E-state index in [9.17, 15) is 14.6 Å². The average Bonchev–Trinajstić information content (AvgIpc) is 2.17. The second kappa shape index (κ2) is 6.03. The van der Waals surface area contributed by atoms with Gasteiger partial charge in [-0.25, -0.2) is 0 Å². The van der Waals surface area contributed by atoms with Gasteiger partial charge in [0.25, 0.3) is 0 Å². The summed E-state index contributed by atoms with van der Waals surface area (Å²) < 4.78 is 11.8. The average molecular weight is 234 g/mol. The van der Waals surface area contributed by atoms with Crippen LogP contribution in [-0.4, -0.2) is 28.4 Å². The number of aliphatic hydroxyl groups is 1. The lowest BCUT2D eigenvalue weighted by Gasteiger charge is -2.24. The van der Waals surface area contributed by atoms with Gasteiger partial charge in [-0.2, -0.15) is 0 Å². The Labute approximate surface area is 92.3 Å². The molecule has 1 aliphatic carbocycles. The van der Waals surface area contributed by atoms with Crippen LogP contribution >= 0.6 is 7.37 Å². The Morgan fingerprint density at radius 2 is 1.93 bits per heavy atom. The summed E-state index contributed by atoms with van der Waals surface area (Å²) in [6, 6.07) is 0. The molecule has 0 saturated heterocycles. The number of hydrogen-bond acceptors (Lipinski definition) is 2. The van der Waals surface area contributed by atoms with Crippen molar-refractivity contribution in [1.82, 2.24) is 0 Å². The van der Waals surface area contributed by atoms with Gasteiger partial charge < -0.3 is 10.00 Å². The van der Waals surface area contributed by atoms with E-state index in [0.717, 1.165) is 12.8 Å². The first-order valence-electron chi connectivity index (χ1n) is 6.02. The predicted octanol–water partition coefficient (Wildman–Crippen LogP) is 2.61. The Kier molecular flexibility index (Phi) is 5.31. The zero-order valence-electron chi connectivity index (χ0n) is 9.56. The molecule has 1 fully saturated rings. The van der Waals surface area contributed by atoms with Crippen molar-refractivity contribution in [3.05, 3.63) is 0 Å². The molecule has 0 aliphatic heterocycles. The van der Waals surface area contributed by atoms with Crippen molar-refractivity contribution in [3.8, 4) is 0 Å². The predicted molar refractivity (Wildman–Crippen MR) is 62.4 cm³/mol. The van der Waals surface area contributed by atoms with Crippen LogP contribution < -0.4 is 0 Å². The highest BCUT2D eigenvalue weighted by Gasteiger charge is 2.27. The summed E-state index contributed by atoms with van der Waals surface area (Å²) in [5, 5.41) is 9.39. The Morgan fingerprint density at radius 1 is 1.33 bits per heavy atom. The van der Waals surface area contributed by atoms with Crippen LogP contribution in [0.4, 0.5) is 0 Å². The molecular weight excluding hydrogens is 211 g/mol. The number of rotatable bonds is 5. The molecule has 3 nitrogen and oxygen atoms in total. The highest BCUT2D eigenvalue weighted by molar-refractivity contribution is 7.58. The minimum absolute atomic E-state index is 0.0833. The first kappa shape index (κ1) is 13.2. The third kappa shape index (κ3) is 5.14. The van der Waals surface area contributed by atoms with Crippen molar-refractivity contribution in [3.63, 3.8) is 0 Å². The molecule has 1 unspecified atom stereocenters. The van der Waals surface area contributed by atoms with Crippen molar-refractivity contribution < 1.29 is 14.6 Å². The van der Waals surface area contributed by atoms with Crippen LogP contribution in [0, 0.1) is 5.92 Å². The van der Waals surface area contributed by atoms with E-state index in [2.05, 4.69) is 0 Å². The Balaban J connectivity index is 2.36. The first-order chi connectivity index (χ1) is 7.03. The minimum Gasteiger partial charge on any atom is -0.393 e. The summed E-state index contributed by atoms with van der Waals surface area (Å²) in [6.45, 7) is 1.84. The lowest BCUT2D eigenvalue weighted by Crippen LogP contribution is -2.17. The zero-order valence-corrected chi connectivity index (χ0v) is 10.5. The fourth-order valence-corrected chi connectivity index (χ4v) is 4.54. The van der Waals surface area contributed by atoms with Crippen molar-refractivity contribution in [1.29, 1.82) is 0 Å².